The zero-order valence-electron chi connectivity index (χ0n) is 16.4. The molecule has 1 aliphatic heterocycles. The van der Waals surface area contributed by atoms with E-state index in [1.165, 1.54) is 25.2 Å². The summed E-state index contributed by atoms with van der Waals surface area (Å²) < 4.78 is 44.6. The Morgan fingerprint density at radius 1 is 1.07 bits per heavy atom. The monoisotopic (exact) mass is 421 g/mol. The summed E-state index contributed by atoms with van der Waals surface area (Å²) in [6.07, 6.45) is -4.49. The molecule has 2 aromatic rings. The smallest absolute Gasteiger partial charge is 0.378 e. The van der Waals surface area contributed by atoms with E-state index in [0.29, 0.717) is 37.6 Å². The number of halogens is 3. The maximum atomic E-state index is 13.1. The Bertz CT molecular complexity index is 894. The lowest BCUT2D eigenvalue weighted by Gasteiger charge is -2.27. The number of rotatable bonds is 4. The lowest BCUT2D eigenvalue weighted by atomic mass is 10.1. The van der Waals surface area contributed by atoms with Gasteiger partial charge in [0.25, 0.3) is 5.91 Å². The summed E-state index contributed by atoms with van der Waals surface area (Å²) in [5.41, 5.74) is 0.168. The first-order chi connectivity index (χ1) is 14.3. The van der Waals surface area contributed by atoms with Gasteiger partial charge in [-0.2, -0.15) is 13.2 Å². The third kappa shape index (κ3) is 5.29. The van der Waals surface area contributed by atoms with E-state index in [0.717, 1.165) is 11.0 Å². The van der Waals surface area contributed by atoms with Crippen molar-refractivity contribution >= 4 is 17.6 Å². The molecule has 0 atom stereocenters. The fourth-order valence-corrected chi connectivity index (χ4v) is 3.13. The average Bonchev–Trinajstić information content (AvgIpc) is 2.74. The summed E-state index contributed by atoms with van der Waals surface area (Å²) in [5, 5.41) is 2.63. The van der Waals surface area contributed by atoms with E-state index in [4.69, 9.17) is 4.74 Å². The number of anilines is 1. The zero-order valence-corrected chi connectivity index (χ0v) is 16.4. The summed E-state index contributed by atoms with van der Waals surface area (Å²) >= 11 is 0. The van der Waals surface area contributed by atoms with Crippen molar-refractivity contribution in [3.8, 4) is 0 Å². The number of amides is 3. The molecule has 1 fully saturated rings. The SMILES string of the molecule is CN(Cc1ccccc1C(F)(F)F)C(=O)Nc1ccc(C(=O)N2CCOCC2)cc1. The maximum absolute atomic E-state index is 13.1. The van der Waals surface area contributed by atoms with Gasteiger partial charge in [0.15, 0.2) is 0 Å². The van der Waals surface area contributed by atoms with Gasteiger partial charge in [0.1, 0.15) is 0 Å². The van der Waals surface area contributed by atoms with Crippen LogP contribution in [-0.2, 0) is 17.5 Å². The van der Waals surface area contributed by atoms with Crippen molar-refractivity contribution in [2.75, 3.05) is 38.7 Å². The Morgan fingerprint density at radius 3 is 2.33 bits per heavy atom. The Hall–Kier alpha value is -3.07. The quantitative estimate of drug-likeness (QED) is 0.816. The number of alkyl halides is 3. The Labute approximate surface area is 172 Å². The molecule has 0 saturated carbocycles. The molecule has 2 aromatic carbocycles. The van der Waals surface area contributed by atoms with Gasteiger partial charge in [-0.3, -0.25) is 4.79 Å². The van der Waals surface area contributed by atoms with E-state index >= 15 is 0 Å². The molecule has 6 nitrogen and oxygen atoms in total. The highest BCUT2D eigenvalue weighted by atomic mass is 19.4. The van der Waals surface area contributed by atoms with E-state index < -0.39 is 17.8 Å². The van der Waals surface area contributed by atoms with Crippen LogP contribution in [-0.4, -0.2) is 55.1 Å². The molecule has 160 valence electrons. The van der Waals surface area contributed by atoms with Crippen LogP contribution in [0.2, 0.25) is 0 Å². The highest BCUT2D eigenvalue weighted by molar-refractivity contribution is 5.95. The zero-order chi connectivity index (χ0) is 21.7. The van der Waals surface area contributed by atoms with Crippen LogP contribution in [0.4, 0.5) is 23.7 Å². The van der Waals surface area contributed by atoms with Gasteiger partial charge in [-0.1, -0.05) is 18.2 Å². The number of urea groups is 1. The maximum Gasteiger partial charge on any atom is 0.416 e. The molecule has 1 aliphatic rings. The van der Waals surface area contributed by atoms with Crippen LogP contribution in [0.3, 0.4) is 0 Å². The predicted molar refractivity (Wildman–Crippen MR) is 105 cm³/mol. The normalized spacial score (nSPS) is 14.3. The fraction of sp³-hybridized carbons (Fsp3) is 0.333. The Morgan fingerprint density at radius 2 is 1.70 bits per heavy atom. The number of carbonyl (C=O) groups is 2. The van der Waals surface area contributed by atoms with E-state index in [2.05, 4.69) is 5.32 Å². The summed E-state index contributed by atoms with van der Waals surface area (Å²) in [6, 6.07) is 11.0. The van der Waals surface area contributed by atoms with Crippen LogP contribution in [0.25, 0.3) is 0 Å². The van der Waals surface area contributed by atoms with Crippen LogP contribution in [0.15, 0.2) is 48.5 Å². The molecule has 0 aromatic heterocycles. The number of nitrogens with zero attached hydrogens (tertiary/aromatic N) is 2. The molecule has 9 heteroatoms. The summed E-state index contributed by atoms with van der Waals surface area (Å²) in [7, 11) is 1.42. The number of ether oxygens (including phenoxy) is 1. The number of carbonyl (C=O) groups excluding carboxylic acids is 2. The number of benzene rings is 2. The third-order valence-corrected chi connectivity index (χ3v) is 4.76. The summed E-state index contributed by atoms with van der Waals surface area (Å²) in [6.45, 7) is 1.87. The number of hydrogen-bond donors (Lipinski definition) is 1. The summed E-state index contributed by atoms with van der Waals surface area (Å²) in [5.74, 6) is -0.114. The van der Waals surface area contributed by atoms with E-state index in [1.54, 1.807) is 29.2 Å². The van der Waals surface area contributed by atoms with Crippen LogP contribution in [0, 0.1) is 0 Å². The van der Waals surface area contributed by atoms with Crippen molar-refractivity contribution in [2.45, 2.75) is 12.7 Å². The van der Waals surface area contributed by atoms with Gasteiger partial charge in [0, 0.05) is 37.9 Å². The second-order valence-electron chi connectivity index (χ2n) is 6.92. The van der Waals surface area contributed by atoms with Crippen molar-refractivity contribution in [2.24, 2.45) is 0 Å². The minimum Gasteiger partial charge on any atom is -0.378 e. The third-order valence-electron chi connectivity index (χ3n) is 4.76. The van der Waals surface area contributed by atoms with E-state index in [-0.39, 0.29) is 18.0 Å². The van der Waals surface area contributed by atoms with Gasteiger partial charge < -0.3 is 19.9 Å². The predicted octanol–water partition coefficient (Wildman–Crippen LogP) is 3.84. The van der Waals surface area contributed by atoms with Crippen molar-refractivity contribution in [1.29, 1.82) is 0 Å². The number of hydrogen-bond acceptors (Lipinski definition) is 3. The lowest BCUT2D eigenvalue weighted by molar-refractivity contribution is -0.138. The van der Waals surface area contributed by atoms with Gasteiger partial charge in [0.05, 0.1) is 18.8 Å². The average molecular weight is 421 g/mol. The van der Waals surface area contributed by atoms with Gasteiger partial charge in [-0.25, -0.2) is 4.79 Å². The molecule has 0 aliphatic carbocycles. The van der Waals surface area contributed by atoms with Crippen molar-refractivity contribution in [3.63, 3.8) is 0 Å². The fourth-order valence-electron chi connectivity index (χ4n) is 3.13. The minimum atomic E-state index is -4.49. The lowest BCUT2D eigenvalue weighted by Crippen LogP contribution is -2.40. The first kappa shape index (κ1) is 21.6. The topological polar surface area (TPSA) is 61.9 Å². The molecule has 30 heavy (non-hydrogen) atoms. The number of morpholine rings is 1. The van der Waals surface area contributed by atoms with Crippen molar-refractivity contribution < 1.29 is 27.5 Å². The molecule has 0 radical (unpaired) electrons. The molecule has 3 rings (SSSR count). The molecular formula is C21H22F3N3O3. The summed E-state index contributed by atoms with van der Waals surface area (Å²) in [4.78, 5) is 27.7. The van der Waals surface area contributed by atoms with Gasteiger partial charge >= 0.3 is 12.2 Å². The Balaban J connectivity index is 1.61. The van der Waals surface area contributed by atoms with Crippen molar-refractivity contribution in [3.05, 3.63) is 65.2 Å². The largest absolute Gasteiger partial charge is 0.416 e. The van der Waals surface area contributed by atoms with Gasteiger partial charge in [-0.15, -0.1) is 0 Å². The molecule has 1 N–H and O–H groups in total. The first-order valence-electron chi connectivity index (χ1n) is 9.40. The molecule has 3 amide bonds. The molecule has 1 saturated heterocycles. The van der Waals surface area contributed by atoms with Gasteiger partial charge in [0.2, 0.25) is 0 Å². The molecule has 0 spiro atoms. The van der Waals surface area contributed by atoms with Crippen LogP contribution in [0.5, 0.6) is 0 Å². The first-order valence-corrected chi connectivity index (χ1v) is 9.40. The van der Waals surface area contributed by atoms with E-state index in [9.17, 15) is 22.8 Å². The number of nitrogens with one attached hydrogen (secondary N) is 1. The van der Waals surface area contributed by atoms with Crippen LogP contribution < -0.4 is 5.32 Å². The Kier molecular flexibility index (Phi) is 6.61. The molecule has 1 heterocycles. The highest BCUT2D eigenvalue weighted by Crippen LogP contribution is 2.32. The second kappa shape index (κ2) is 9.17. The van der Waals surface area contributed by atoms with E-state index in [1.807, 2.05) is 0 Å². The van der Waals surface area contributed by atoms with Crippen molar-refractivity contribution in [1.82, 2.24) is 9.80 Å². The minimum absolute atomic E-state index is 0.00843. The second-order valence-corrected chi connectivity index (χ2v) is 6.92. The molecule has 0 unspecified atom stereocenters. The van der Waals surface area contributed by atoms with Crippen LogP contribution in [0.1, 0.15) is 21.5 Å². The van der Waals surface area contributed by atoms with Crippen LogP contribution >= 0.6 is 0 Å². The standard InChI is InChI=1S/C21H22F3N3O3/c1-26(14-16-4-2-3-5-18(16)21(22,23)24)20(29)25-17-8-6-15(7-9-17)19(28)27-10-12-30-13-11-27/h2-9H,10-14H2,1H3,(H,25,29). The molecular weight excluding hydrogens is 399 g/mol. The van der Waals surface area contributed by atoms with Gasteiger partial charge in [-0.05, 0) is 35.9 Å². The highest BCUT2D eigenvalue weighted by Gasteiger charge is 2.33. The molecule has 0 bridgehead atoms.